The molecule has 0 aliphatic carbocycles. The van der Waals surface area contributed by atoms with Gasteiger partial charge < -0.3 is 4.90 Å². The van der Waals surface area contributed by atoms with Crippen LogP contribution in [-0.4, -0.2) is 58.2 Å². The van der Waals surface area contributed by atoms with E-state index in [-0.39, 0.29) is 17.2 Å². The molecular formula is C17H24N4OS. The summed E-state index contributed by atoms with van der Waals surface area (Å²) in [6.07, 6.45) is 1.74. The lowest BCUT2D eigenvalue weighted by molar-refractivity contribution is -0.132. The molecule has 0 saturated carbocycles. The molecule has 6 heteroatoms. The number of hydrogen-bond acceptors (Lipinski definition) is 5. The zero-order valence-electron chi connectivity index (χ0n) is 14.0. The topological polar surface area (TPSA) is 60.2 Å². The summed E-state index contributed by atoms with van der Waals surface area (Å²) < 4.78 is 0. The molecule has 0 unspecified atom stereocenters. The molecule has 1 amide bonds. The third-order valence-corrected chi connectivity index (χ3v) is 5.10. The fourth-order valence-electron chi connectivity index (χ4n) is 2.78. The third kappa shape index (κ3) is 4.69. The van der Waals surface area contributed by atoms with Crippen LogP contribution in [-0.2, 0) is 4.79 Å². The monoisotopic (exact) mass is 332 g/mol. The average Bonchev–Trinajstić information content (AvgIpc) is 2.56. The van der Waals surface area contributed by atoms with Crippen molar-refractivity contribution in [1.82, 2.24) is 14.8 Å². The van der Waals surface area contributed by atoms with Gasteiger partial charge in [-0.3, -0.25) is 9.69 Å². The number of pyridine rings is 1. The zero-order valence-corrected chi connectivity index (χ0v) is 14.8. The molecule has 1 aliphatic rings. The van der Waals surface area contributed by atoms with Crippen LogP contribution in [0.25, 0.3) is 0 Å². The lowest BCUT2D eigenvalue weighted by Crippen LogP contribution is -2.54. The Bertz CT molecular complexity index is 549. The van der Waals surface area contributed by atoms with Gasteiger partial charge in [-0.2, -0.15) is 5.26 Å². The highest BCUT2D eigenvalue weighted by molar-refractivity contribution is 8.00. The van der Waals surface area contributed by atoms with Crippen molar-refractivity contribution in [2.45, 2.75) is 37.1 Å². The number of aromatic nitrogens is 1. The highest BCUT2D eigenvalue weighted by Crippen LogP contribution is 2.23. The van der Waals surface area contributed by atoms with Gasteiger partial charge in [0.15, 0.2) is 0 Å². The van der Waals surface area contributed by atoms with Gasteiger partial charge in [-0.05, 0) is 25.0 Å². The number of hydrogen-bond donors (Lipinski definition) is 0. The van der Waals surface area contributed by atoms with Crippen molar-refractivity contribution in [3.05, 3.63) is 24.4 Å². The van der Waals surface area contributed by atoms with E-state index in [4.69, 9.17) is 0 Å². The molecule has 124 valence electrons. The number of thioether (sulfide) groups is 1. The maximum atomic E-state index is 12.6. The maximum Gasteiger partial charge on any atom is 0.235 e. The van der Waals surface area contributed by atoms with Gasteiger partial charge in [0, 0.05) is 32.4 Å². The molecule has 1 fully saturated rings. The van der Waals surface area contributed by atoms with E-state index in [1.807, 2.05) is 30.0 Å². The van der Waals surface area contributed by atoms with Gasteiger partial charge in [0.25, 0.3) is 0 Å². The molecule has 0 radical (unpaired) electrons. The Morgan fingerprint density at radius 2 is 1.96 bits per heavy atom. The molecule has 1 aromatic rings. The van der Waals surface area contributed by atoms with Gasteiger partial charge in [-0.15, -0.1) is 0 Å². The summed E-state index contributed by atoms with van der Waals surface area (Å²) in [7, 11) is 0. The lowest BCUT2D eigenvalue weighted by Gasteiger charge is -2.38. The van der Waals surface area contributed by atoms with Crippen molar-refractivity contribution < 1.29 is 4.79 Å². The first-order chi connectivity index (χ1) is 11.0. The summed E-state index contributed by atoms with van der Waals surface area (Å²) in [4.78, 5) is 20.9. The van der Waals surface area contributed by atoms with Crippen LogP contribution in [0.2, 0.25) is 0 Å². The van der Waals surface area contributed by atoms with E-state index in [1.54, 1.807) is 6.20 Å². The van der Waals surface area contributed by atoms with Crippen LogP contribution < -0.4 is 0 Å². The first-order valence-corrected chi connectivity index (χ1v) is 8.91. The quantitative estimate of drug-likeness (QED) is 0.774. The van der Waals surface area contributed by atoms with E-state index < -0.39 is 0 Å². The molecule has 2 atom stereocenters. The average molecular weight is 332 g/mol. The molecule has 2 heterocycles. The van der Waals surface area contributed by atoms with Gasteiger partial charge >= 0.3 is 0 Å². The first-order valence-electron chi connectivity index (χ1n) is 8.03. The number of nitriles is 1. The fourth-order valence-corrected chi connectivity index (χ4v) is 3.67. The van der Waals surface area contributed by atoms with Crippen LogP contribution in [0.5, 0.6) is 0 Å². The van der Waals surface area contributed by atoms with Crippen molar-refractivity contribution in [2.24, 2.45) is 5.92 Å². The smallest absolute Gasteiger partial charge is 0.235 e. The predicted octanol–water partition coefficient (Wildman–Crippen LogP) is 2.25. The Hall–Kier alpha value is -1.58. The number of amides is 1. The highest BCUT2D eigenvalue weighted by atomic mass is 32.2. The Kier molecular flexibility index (Phi) is 6.43. The summed E-state index contributed by atoms with van der Waals surface area (Å²) in [5.74, 6) is 0.458. The minimum Gasteiger partial charge on any atom is -0.339 e. The maximum absolute atomic E-state index is 12.6. The van der Waals surface area contributed by atoms with Crippen LogP contribution in [0, 0.1) is 17.2 Å². The molecule has 0 bridgehead atoms. The Balaban J connectivity index is 1.87. The molecule has 1 aliphatic heterocycles. The summed E-state index contributed by atoms with van der Waals surface area (Å²) in [5.41, 5.74) is 0. The van der Waals surface area contributed by atoms with Gasteiger partial charge in [0.1, 0.15) is 6.04 Å². The SMILES string of the molecule is CC(C)[C@H](C#N)N1CCN(C(=O)[C@H](C)Sc2ccccn2)CC1. The molecule has 1 aromatic heterocycles. The second-order valence-electron chi connectivity index (χ2n) is 6.11. The van der Waals surface area contributed by atoms with Crippen LogP contribution >= 0.6 is 11.8 Å². The van der Waals surface area contributed by atoms with E-state index in [9.17, 15) is 10.1 Å². The standard InChI is InChI=1S/C17H24N4OS/c1-13(2)15(12-18)20-8-10-21(11-9-20)17(22)14(3)23-16-6-4-5-7-19-16/h4-7,13-15H,8-11H2,1-3H3/t14-,15-/m0/s1. The normalized spacial score (nSPS) is 18.5. The molecule has 1 saturated heterocycles. The summed E-state index contributed by atoms with van der Waals surface area (Å²) >= 11 is 1.49. The van der Waals surface area contributed by atoms with Crippen molar-refractivity contribution in [2.75, 3.05) is 26.2 Å². The number of piperazine rings is 1. The largest absolute Gasteiger partial charge is 0.339 e. The minimum atomic E-state index is -0.145. The van der Waals surface area contributed by atoms with E-state index >= 15 is 0 Å². The Morgan fingerprint density at radius 1 is 1.26 bits per heavy atom. The van der Waals surface area contributed by atoms with Crippen LogP contribution in [0.15, 0.2) is 29.4 Å². The van der Waals surface area contributed by atoms with Gasteiger partial charge in [-0.1, -0.05) is 31.7 Å². The number of nitrogens with zero attached hydrogens (tertiary/aromatic N) is 4. The van der Waals surface area contributed by atoms with Crippen LogP contribution in [0.1, 0.15) is 20.8 Å². The Labute approximate surface area is 142 Å². The second-order valence-corrected chi connectivity index (χ2v) is 7.47. The molecule has 0 N–H and O–H groups in total. The summed E-state index contributed by atoms with van der Waals surface area (Å²) in [5, 5.41) is 10.0. The van der Waals surface area contributed by atoms with E-state index in [0.29, 0.717) is 19.0 Å². The molecule has 2 rings (SSSR count). The zero-order chi connectivity index (χ0) is 16.8. The number of carbonyl (C=O) groups is 1. The molecule has 0 spiro atoms. The molecule has 5 nitrogen and oxygen atoms in total. The predicted molar refractivity (Wildman–Crippen MR) is 91.9 cm³/mol. The van der Waals surface area contributed by atoms with Gasteiger partial charge in [0.2, 0.25) is 5.91 Å². The third-order valence-electron chi connectivity index (χ3n) is 4.07. The van der Waals surface area contributed by atoms with Crippen molar-refractivity contribution in [3.63, 3.8) is 0 Å². The van der Waals surface area contributed by atoms with Gasteiger partial charge in [0.05, 0.1) is 16.3 Å². The van der Waals surface area contributed by atoms with Gasteiger partial charge in [-0.25, -0.2) is 4.98 Å². The summed E-state index contributed by atoms with van der Waals surface area (Å²) in [6, 6.07) is 8.04. The number of carbonyl (C=O) groups excluding carboxylic acids is 1. The fraction of sp³-hybridized carbons (Fsp3) is 0.588. The van der Waals surface area contributed by atoms with E-state index in [0.717, 1.165) is 18.1 Å². The Morgan fingerprint density at radius 3 is 2.48 bits per heavy atom. The van der Waals surface area contributed by atoms with Crippen molar-refractivity contribution >= 4 is 17.7 Å². The van der Waals surface area contributed by atoms with Crippen molar-refractivity contribution in [1.29, 1.82) is 5.26 Å². The molecule has 0 aromatic carbocycles. The van der Waals surface area contributed by atoms with E-state index in [2.05, 4.69) is 29.8 Å². The summed E-state index contributed by atoms with van der Waals surface area (Å²) in [6.45, 7) is 8.98. The highest BCUT2D eigenvalue weighted by Gasteiger charge is 2.29. The van der Waals surface area contributed by atoms with E-state index in [1.165, 1.54) is 11.8 Å². The van der Waals surface area contributed by atoms with Crippen LogP contribution in [0.3, 0.4) is 0 Å². The van der Waals surface area contributed by atoms with Crippen LogP contribution in [0.4, 0.5) is 0 Å². The lowest BCUT2D eigenvalue weighted by atomic mass is 10.0. The van der Waals surface area contributed by atoms with Crippen molar-refractivity contribution in [3.8, 4) is 6.07 Å². The minimum absolute atomic E-state index is 0.0624. The second kappa shape index (κ2) is 8.32. The molecular weight excluding hydrogens is 308 g/mol. The number of rotatable bonds is 5. The first kappa shape index (κ1) is 17.8. The molecule has 23 heavy (non-hydrogen) atoms.